The molecule has 0 spiro atoms. The Morgan fingerprint density at radius 3 is 3.00 bits per heavy atom. The topological polar surface area (TPSA) is 49.7 Å². The molecule has 10 heavy (non-hydrogen) atoms. The molecule has 0 aliphatic carbocycles. The highest BCUT2D eigenvalue weighted by Gasteiger charge is 2.22. The lowest BCUT2D eigenvalue weighted by atomic mass is 10.7. The second-order valence-electron chi connectivity index (χ2n) is 1.55. The number of hydrogen-bond acceptors (Lipinski definition) is 2. The molecule has 0 bridgehead atoms. The Labute approximate surface area is 61.1 Å². The van der Waals surface area contributed by atoms with Gasteiger partial charge in [-0.05, 0) is 0 Å². The van der Waals surface area contributed by atoms with Crippen LogP contribution in [0.3, 0.4) is 0 Å². The van der Waals surface area contributed by atoms with E-state index in [1.807, 2.05) is 0 Å². The van der Waals surface area contributed by atoms with Crippen LogP contribution < -0.4 is 0 Å². The largest absolute Gasteiger partial charge is 0.533 e. The van der Waals surface area contributed by atoms with Gasteiger partial charge in [0.15, 0.2) is 16.3 Å². The Bertz CT molecular complexity index is 204. The van der Waals surface area contributed by atoms with E-state index < -0.39 is 16.2 Å². The minimum Gasteiger partial charge on any atom is -0.440 e. The van der Waals surface area contributed by atoms with Crippen LogP contribution in [0.25, 0.3) is 0 Å². The van der Waals surface area contributed by atoms with Gasteiger partial charge in [0.1, 0.15) is 5.41 Å². The van der Waals surface area contributed by atoms with E-state index in [9.17, 15) is 4.79 Å². The second-order valence-corrected chi connectivity index (χ2v) is 3.19. The van der Waals surface area contributed by atoms with E-state index in [2.05, 4.69) is 4.99 Å². The Kier molecular flexibility index (Phi) is 2.28. The minimum absolute atomic E-state index is 0.783. The quantitative estimate of drug-likeness (QED) is 0.538. The van der Waals surface area contributed by atoms with Crippen molar-refractivity contribution in [2.75, 3.05) is 0 Å². The van der Waals surface area contributed by atoms with Gasteiger partial charge >= 0.3 is 5.30 Å². The fraction of sp³-hybridized carbons (Fsp3) is 0. The Hall–Kier alpha value is -1.03. The van der Waals surface area contributed by atoms with Crippen LogP contribution in [-0.4, -0.2) is 16.6 Å². The average molecular weight is 156 g/mol. The number of rotatable bonds is 0. The third-order valence-corrected chi connectivity index (χ3v) is 2.16. The Balaban J connectivity index is 2.72. The van der Waals surface area contributed by atoms with E-state index in [0.717, 1.165) is 0 Å². The van der Waals surface area contributed by atoms with Crippen molar-refractivity contribution >= 4 is 22.4 Å². The zero-order valence-corrected chi connectivity index (χ0v) is 5.91. The average Bonchev–Trinajstić information content (AvgIpc) is 2.12. The second kappa shape index (κ2) is 3.22. The van der Waals surface area contributed by atoms with Gasteiger partial charge in [-0.25, -0.2) is 0 Å². The molecule has 52 valence electrons. The molecule has 0 amide bonds. The van der Waals surface area contributed by atoms with E-state index in [-0.39, 0.29) is 0 Å². The first-order chi connectivity index (χ1) is 4.80. The summed E-state index contributed by atoms with van der Waals surface area (Å²) in [4.78, 5) is 14.1. The first-order valence-electron chi connectivity index (χ1n) is 2.62. The summed E-state index contributed by atoms with van der Waals surface area (Å²) in [5.74, 6) is 0. The van der Waals surface area contributed by atoms with E-state index in [0.29, 0.717) is 0 Å². The van der Waals surface area contributed by atoms with Crippen LogP contribution in [0.5, 0.6) is 0 Å². The van der Waals surface area contributed by atoms with Gasteiger partial charge in [-0.2, -0.15) is 4.79 Å². The number of carboxylic acid groups (broad SMARTS) is 1. The molecule has 1 rings (SSSR count). The number of carbonyl (C=O) groups is 1. The molecule has 1 heterocycles. The molecule has 0 aromatic carbocycles. The van der Waals surface area contributed by atoms with Crippen LogP contribution in [0.2, 0.25) is 0 Å². The third kappa shape index (κ3) is 1.73. The maximum Gasteiger partial charge on any atom is 0.533 e. The molecule has 1 aliphatic heterocycles. The zero-order chi connectivity index (χ0) is 7.40. The van der Waals surface area contributed by atoms with Crippen LogP contribution in [0.1, 0.15) is 0 Å². The summed E-state index contributed by atoms with van der Waals surface area (Å²) in [7, 11) is -0.783. The van der Waals surface area contributed by atoms with Gasteiger partial charge in [-0.1, -0.05) is 0 Å². The molecule has 0 fully saturated rings. The van der Waals surface area contributed by atoms with Crippen molar-refractivity contribution in [2.24, 2.45) is 4.99 Å². The molecular weight excluding hydrogens is 150 g/mol. The van der Waals surface area contributed by atoms with E-state index in [1.54, 1.807) is 23.1 Å². The van der Waals surface area contributed by atoms with Gasteiger partial charge in [-0.3, -0.25) is 4.99 Å². The van der Waals surface area contributed by atoms with Crippen LogP contribution in [-0.2, 0) is 10.9 Å². The molecule has 0 radical (unpaired) electrons. The third-order valence-electron chi connectivity index (χ3n) is 0.892. The molecule has 0 aromatic rings. The van der Waals surface area contributed by atoms with Crippen molar-refractivity contribution in [3.8, 4) is 0 Å². The summed E-state index contributed by atoms with van der Waals surface area (Å²) in [5, 5.41) is 10.9. The lowest BCUT2D eigenvalue weighted by Gasteiger charge is -1.82. The van der Waals surface area contributed by atoms with Crippen LogP contribution in [0, 0.1) is 0 Å². The normalized spacial score (nSPS) is 22.6. The molecule has 0 saturated heterocycles. The molecule has 1 atom stereocenters. The summed E-state index contributed by atoms with van der Waals surface area (Å²) in [5.41, 5.74) is 0. The number of nitrogens with zero attached hydrogens (tertiary/aromatic N) is 1. The predicted molar refractivity (Wildman–Crippen MR) is 42.2 cm³/mol. The van der Waals surface area contributed by atoms with Gasteiger partial charge in [0.2, 0.25) is 0 Å². The van der Waals surface area contributed by atoms with Crippen molar-refractivity contribution < 1.29 is 9.90 Å². The summed E-state index contributed by atoms with van der Waals surface area (Å²) >= 11 is 0. The molecule has 3 nitrogen and oxygen atoms in total. The molecular formula is C6H6NO2S+. The minimum atomic E-state index is -0.821. The smallest absolute Gasteiger partial charge is 0.440 e. The standard InChI is InChI=1S/C6H5NO2S/c8-6(9)10-4-1-2-7-3-5-10/h1-5H/p+1. The highest BCUT2D eigenvalue weighted by Crippen LogP contribution is 2.04. The van der Waals surface area contributed by atoms with Gasteiger partial charge in [0.05, 0.1) is 6.20 Å². The van der Waals surface area contributed by atoms with Gasteiger partial charge in [-0.15, -0.1) is 0 Å². The highest BCUT2D eigenvalue weighted by atomic mass is 32.2. The summed E-state index contributed by atoms with van der Waals surface area (Å²) in [6.45, 7) is 0. The molecule has 0 saturated carbocycles. The summed E-state index contributed by atoms with van der Waals surface area (Å²) in [6.07, 6.45) is 4.70. The van der Waals surface area contributed by atoms with Crippen molar-refractivity contribution in [2.45, 2.75) is 0 Å². The fourth-order valence-corrected chi connectivity index (χ4v) is 1.25. The first kappa shape index (κ1) is 7.08. The molecule has 4 heteroatoms. The predicted octanol–water partition coefficient (Wildman–Crippen LogP) is 1.35. The monoisotopic (exact) mass is 156 g/mol. The van der Waals surface area contributed by atoms with Gasteiger partial charge < -0.3 is 5.11 Å². The lowest BCUT2D eigenvalue weighted by molar-refractivity contribution is 0.222. The summed E-state index contributed by atoms with van der Waals surface area (Å²) < 4.78 is 0. The van der Waals surface area contributed by atoms with Crippen molar-refractivity contribution in [3.63, 3.8) is 0 Å². The van der Waals surface area contributed by atoms with Crippen molar-refractivity contribution in [3.05, 3.63) is 23.1 Å². The molecule has 1 N–H and O–H groups in total. The van der Waals surface area contributed by atoms with Crippen molar-refractivity contribution in [1.82, 2.24) is 0 Å². The van der Waals surface area contributed by atoms with Gasteiger partial charge in [0.25, 0.3) is 0 Å². The lowest BCUT2D eigenvalue weighted by Crippen LogP contribution is -2.04. The van der Waals surface area contributed by atoms with E-state index in [1.165, 1.54) is 6.20 Å². The number of hydrogen-bond donors (Lipinski definition) is 1. The van der Waals surface area contributed by atoms with Crippen LogP contribution in [0.15, 0.2) is 28.1 Å². The Morgan fingerprint density at radius 1 is 1.50 bits per heavy atom. The number of aliphatic imine (C=N–C) groups is 1. The van der Waals surface area contributed by atoms with E-state index >= 15 is 0 Å². The molecule has 1 unspecified atom stereocenters. The number of allylic oxidation sites excluding steroid dienone is 1. The molecule has 1 aliphatic rings. The fourth-order valence-electron chi connectivity index (χ4n) is 0.482. The SMILES string of the molecule is O=C(O)[S+]1C=CC=NC=C1. The maximum atomic E-state index is 10.4. The van der Waals surface area contributed by atoms with Gasteiger partial charge in [0, 0.05) is 12.3 Å². The molecule has 0 aromatic heterocycles. The van der Waals surface area contributed by atoms with Crippen molar-refractivity contribution in [1.29, 1.82) is 0 Å². The van der Waals surface area contributed by atoms with Crippen LogP contribution in [0.4, 0.5) is 4.79 Å². The first-order valence-corrected chi connectivity index (χ1v) is 3.97. The van der Waals surface area contributed by atoms with Crippen LogP contribution >= 0.6 is 0 Å². The summed E-state index contributed by atoms with van der Waals surface area (Å²) in [6, 6.07) is 0. The maximum absolute atomic E-state index is 10.4. The highest BCUT2D eigenvalue weighted by molar-refractivity contribution is 8.15. The van der Waals surface area contributed by atoms with E-state index in [4.69, 9.17) is 5.11 Å². The Morgan fingerprint density at radius 2 is 2.30 bits per heavy atom. The zero-order valence-electron chi connectivity index (χ0n) is 5.10.